The number of hydrogen-bond acceptors (Lipinski definition) is 3. The molecule has 4 rings (SSSR count). The van der Waals surface area contributed by atoms with Gasteiger partial charge in [-0.25, -0.2) is 0 Å². The largest absolute Gasteiger partial charge is 0.351 e. The molecule has 27 heavy (non-hydrogen) atoms. The maximum absolute atomic E-state index is 6.25. The average molecular weight is 414 g/mol. The lowest BCUT2D eigenvalue weighted by molar-refractivity contribution is 0.575. The highest BCUT2D eigenvalue weighted by Gasteiger charge is 2.41. The molecule has 2 atom stereocenters. The van der Waals surface area contributed by atoms with E-state index in [1.54, 1.807) is 11.3 Å². The Morgan fingerprint density at radius 3 is 2.48 bits per heavy atom. The number of aromatic nitrogens is 1. The second kappa shape index (κ2) is 7.58. The first-order valence-electron chi connectivity index (χ1n) is 8.90. The molecule has 1 fully saturated rings. The van der Waals surface area contributed by atoms with Crippen LogP contribution in [0.25, 0.3) is 0 Å². The van der Waals surface area contributed by atoms with Crippen LogP contribution in [0.5, 0.6) is 0 Å². The zero-order chi connectivity index (χ0) is 19.0. The summed E-state index contributed by atoms with van der Waals surface area (Å²) < 4.78 is 0.776. The number of thiocarbonyl (C=S) groups is 1. The fourth-order valence-corrected chi connectivity index (χ4v) is 4.96. The van der Waals surface area contributed by atoms with Gasteiger partial charge >= 0.3 is 0 Å². The van der Waals surface area contributed by atoms with Crippen LogP contribution >= 0.6 is 35.2 Å². The summed E-state index contributed by atoms with van der Waals surface area (Å²) in [5, 5.41) is 4.18. The van der Waals surface area contributed by atoms with Crippen molar-refractivity contribution >= 4 is 46.0 Å². The topological polar surface area (TPSA) is 28.2 Å². The van der Waals surface area contributed by atoms with Crippen molar-refractivity contribution in [3.8, 4) is 0 Å². The van der Waals surface area contributed by atoms with E-state index in [0.717, 1.165) is 20.6 Å². The molecule has 0 radical (unpaired) electrons. The lowest BCUT2D eigenvalue weighted by atomic mass is 10.0. The molecule has 3 nitrogen and oxygen atoms in total. The van der Waals surface area contributed by atoms with Crippen molar-refractivity contribution in [1.29, 1.82) is 0 Å². The van der Waals surface area contributed by atoms with Crippen LogP contribution in [-0.4, -0.2) is 10.1 Å². The SMILES string of the molecule is CC(C)c1ccc(N2C(=S)NC(c3ccccn3)C2c2ccc(Cl)s2)cc1. The molecule has 0 spiro atoms. The molecule has 1 saturated heterocycles. The number of halogens is 1. The Hall–Kier alpha value is -1.95. The second-order valence-electron chi connectivity index (χ2n) is 6.88. The zero-order valence-corrected chi connectivity index (χ0v) is 17.5. The maximum Gasteiger partial charge on any atom is 0.174 e. The van der Waals surface area contributed by atoms with E-state index in [4.69, 9.17) is 23.8 Å². The van der Waals surface area contributed by atoms with E-state index in [-0.39, 0.29) is 12.1 Å². The summed E-state index contributed by atoms with van der Waals surface area (Å²) in [4.78, 5) is 7.91. The Morgan fingerprint density at radius 2 is 1.89 bits per heavy atom. The molecule has 0 aliphatic carbocycles. The summed E-state index contributed by atoms with van der Waals surface area (Å²) in [6.45, 7) is 4.40. The van der Waals surface area contributed by atoms with Gasteiger partial charge in [0.1, 0.15) is 0 Å². The first-order valence-corrected chi connectivity index (χ1v) is 10.5. The number of nitrogens with one attached hydrogen (secondary N) is 1. The molecule has 1 aliphatic heterocycles. The number of pyridine rings is 1. The molecule has 2 unspecified atom stereocenters. The quantitative estimate of drug-likeness (QED) is 0.523. The van der Waals surface area contributed by atoms with E-state index in [1.165, 1.54) is 5.56 Å². The van der Waals surface area contributed by atoms with Crippen LogP contribution in [0.1, 0.15) is 48.0 Å². The van der Waals surface area contributed by atoms with E-state index < -0.39 is 0 Å². The van der Waals surface area contributed by atoms with Crippen molar-refractivity contribution in [2.24, 2.45) is 0 Å². The van der Waals surface area contributed by atoms with Crippen molar-refractivity contribution < 1.29 is 0 Å². The average Bonchev–Trinajstić information content (AvgIpc) is 3.25. The zero-order valence-electron chi connectivity index (χ0n) is 15.1. The van der Waals surface area contributed by atoms with E-state index in [9.17, 15) is 0 Å². The van der Waals surface area contributed by atoms with E-state index >= 15 is 0 Å². The highest BCUT2D eigenvalue weighted by Crippen LogP contribution is 2.44. The van der Waals surface area contributed by atoms with Gasteiger partial charge < -0.3 is 10.2 Å². The molecular weight excluding hydrogens is 394 g/mol. The third kappa shape index (κ3) is 3.59. The summed E-state index contributed by atoms with van der Waals surface area (Å²) in [6, 6.07) is 18.6. The summed E-state index contributed by atoms with van der Waals surface area (Å²) in [5.41, 5.74) is 3.36. The monoisotopic (exact) mass is 413 g/mol. The lowest BCUT2D eigenvalue weighted by Gasteiger charge is -2.27. The van der Waals surface area contributed by atoms with Crippen LogP contribution in [-0.2, 0) is 0 Å². The highest BCUT2D eigenvalue weighted by atomic mass is 35.5. The molecule has 6 heteroatoms. The van der Waals surface area contributed by atoms with Crippen LogP contribution in [0.15, 0.2) is 60.8 Å². The highest BCUT2D eigenvalue weighted by molar-refractivity contribution is 7.80. The number of anilines is 1. The normalized spacial score (nSPS) is 19.6. The van der Waals surface area contributed by atoms with Crippen LogP contribution in [0.4, 0.5) is 5.69 Å². The minimum Gasteiger partial charge on any atom is -0.351 e. The first kappa shape index (κ1) is 18.4. The fraction of sp³-hybridized carbons (Fsp3) is 0.238. The minimum atomic E-state index is -0.0295. The van der Waals surface area contributed by atoms with Crippen LogP contribution in [0, 0.1) is 0 Å². The van der Waals surface area contributed by atoms with E-state index in [2.05, 4.69) is 59.4 Å². The Bertz CT molecular complexity index is 938. The molecule has 3 heterocycles. The molecule has 3 aromatic rings. The Balaban J connectivity index is 1.78. The number of nitrogens with zero attached hydrogens (tertiary/aromatic N) is 2. The number of hydrogen-bond donors (Lipinski definition) is 1. The molecular formula is C21H20ClN3S2. The third-order valence-electron chi connectivity index (χ3n) is 4.82. The van der Waals surface area contributed by atoms with Gasteiger partial charge in [-0.05, 0) is 60.1 Å². The molecule has 0 saturated carbocycles. The van der Waals surface area contributed by atoms with Gasteiger partial charge in [-0.1, -0.05) is 43.6 Å². The molecule has 0 bridgehead atoms. The number of benzene rings is 1. The Labute approximate surface area is 174 Å². The molecule has 2 aromatic heterocycles. The molecule has 1 aliphatic rings. The summed E-state index contributed by atoms with van der Waals surface area (Å²) in [6.07, 6.45) is 1.82. The molecule has 1 aromatic carbocycles. The molecule has 0 amide bonds. The van der Waals surface area contributed by atoms with Gasteiger partial charge in [0.25, 0.3) is 0 Å². The predicted octanol–water partition coefficient (Wildman–Crippen LogP) is 6.10. The first-order chi connectivity index (χ1) is 13.0. The van der Waals surface area contributed by atoms with Crippen LogP contribution in [0.3, 0.4) is 0 Å². The van der Waals surface area contributed by atoms with E-state index in [0.29, 0.717) is 11.0 Å². The summed E-state index contributed by atoms with van der Waals surface area (Å²) in [7, 11) is 0. The van der Waals surface area contributed by atoms with Crippen molar-refractivity contribution in [2.75, 3.05) is 4.90 Å². The van der Waals surface area contributed by atoms with Gasteiger partial charge in [0, 0.05) is 16.8 Å². The summed E-state index contributed by atoms with van der Waals surface area (Å²) >= 11 is 13.6. The van der Waals surface area contributed by atoms with E-state index in [1.807, 2.05) is 30.5 Å². The molecule has 1 N–H and O–H groups in total. The Kier molecular flexibility index (Phi) is 5.17. The fourth-order valence-electron chi connectivity index (χ4n) is 3.43. The predicted molar refractivity (Wildman–Crippen MR) is 118 cm³/mol. The van der Waals surface area contributed by atoms with Crippen LogP contribution < -0.4 is 10.2 Å². The standard InChI is InChI=1S/C21H20ClN3S2/c1-13(2)14-6-8-15(9-7-14)25-20(17-10-11-18(22)27-17)19(24-21(25)26)16-5-3-4-12-23-16/h3-13,19-20H,1-2H3,(H,24,26). The van der Waals surface area contributed by atoms with Crippen molar-refractivity contribution in [3.63, 3.8) is 0 Å². The van der Waals surface area contributed by atoms with Gasteiger partial charge in [0.05, 0.1) is 22.1 Å². The number of thiophene rings is 1. The van der Waals surface area contributed by atoms with Gasteiger partial charge in [-0.15, -0.1) is 11.3 Å². The van der Waals surface area contributed by atoms with Gasteiger partial charge in [-0.3, -0.25) is 4.98 Å². The van der Waals surface area contributed by atoms with Crippen molar-refractivity contribution in [1.82, 2.24) is 10.3 Å². The smallest absolute Gasteiger partial charge is 0.174 e. The van der Waals surface area contributed by atoms with Crippen molar-refractivity contribution in [3.05, 3.63) is 81.3 Å². The molecule has 138 valence electrons. The van der Waals surface area contributed by atoms with Crippen LogP contribution in [0.2, 0.25) is 4.34 Å². The van der Waals surface area contributed by atoms with Gasteiger partial charge in [-0.2, -0.15) is 0 Å². The minimum absolute atomic E-state index is 0.00907. The van der Waals surface area contributed by atoms with Gasteiger partial charge in [0.2, 0.25) is 0 Å². The Morgan fingerprint density at radius 1 is 1.11 bits per heavy atom. The number of rotatable bonds is 4. The van der Waals surface area contributed by atoms with Crippen molar-refractivity contribution in [2.45, 2.75) is 31.8 Å². The lowest BCUT2D eigenvalue weighted by Crippen LogP contribution is -2.29. The summed E-state index contributed by atoms with van der Waals surface area (Å²) in [5.74, 6) is 0.496. The third-order valence-corrected chi connectivity index (χ3v) is 6.44. The maximum atomic E-state index is 6.25. The van der Waals surface area contributed by atoms with Gasteiger partial charge in [0.15, 0.2) is 5.11 Å². The second-order valence-corrected chi connectivity index (χ2v) is 9.02.